The lowest BCUT2D eigenvalue weighted by atomic mass is 9.85. The minimum atomic E-state index is -0.846. The highest BCUT2D eigenvalue weighted by atomic mass is 16.5. The fraction of sp³-hybridized carbons (Fsp3) is 0.333. The summed E-state index contributed by atoms with van der Waals surface area (Å²) >= 11 is 0. The summed E-state index contributed by atoms with van der Waals surface area (Å²) in [4.78, 5) is 24.7. The molecule has 0 aliphatic heterocycles. The van der Waals surface area contributed by atoms with E-state index in [-0.39, 0.29) is 5.91 Å². The van der Waals surface area contributed by atoms with Crippen molar-refractivity contribution >= 4 is 11.9 Å². The molecule has 0 heterocycles. The van der Waals surface area contributed by atoms with Gasteiger partial charge in [0.15, 0.2) is 6.10 Å². The number of aryl methyl sites for hydroxylation is 1. The minimum absolute atomic E-state index is 0.308. The molecule has 0 unspecified atom stereocenters. The van der Waals surface area contributed by atoms with Gasteiger partial charge < -0.3 is 10.1 Å². The third-order valence-corrected chi connectivity index (χ3v) is 4.25. The standard InChI is InChI=1S/C21H25NO3/c1-15-10-12-17(13-11-15)14-22-19(23)16(2)25-20(24)21(3,4)18-8-6-5-7-9-18/h5-13,16H,14H2,1-4H3,(H,22,23)/t16-/m0/s1. The molecule has 1 atom stereocenters. The summed E-state index contributed by atoms with van der Waals surface area (Å²) < 4.78 is 5.39. The van der Waals surface area contributed by atoms with Crippen molar-refractivity contribution in [2.75, 3.05) is 0 Å². The van der Waals surface area contributed by atoms with Gasteiger partial charge in [-0.2, -0.15) is 0 Å². The van der Waals surface area contributed by atoms with Gasteiger partial charge in [0, 0.05) is 6.54 Å². The van der Waals surface area contributed by atoms with Gasteiger partial charge in [0.2, 0.25) is 0 Å². The van der Waals surface area contributed by atoms with E-state index in [1.165, 1.54) is 5.56 Å². The molecule has 0 fully saturated rings. The van der Waals surface area contributed by atoms with Crippen LogP contribution in [0, 0.1) is 6.92 Å². The molecule has 25 heavy (non-hydrogen) atoms. The number of carbonyl (C=O) groups is 2. The summed E-state index contributed by atoms with van der Waals surface area (Å²) in [5.74, 6) is -0.727. The Morgan fingerprint density at radius 1 is 1.04 bits per heavy atom. The highest BCUT2D eigenvalue weighted by molar-refractivity contribution is 5.87. The normalized spacial score (nSPS) is 12.3. The second kappa shape index (κ2) is 7.97. The van der Waals surface area contributed by atoms with Crippen molar-refractivity contribution < 1.29 is 14.3 Å². The number of hydrogen-bond donors (Lipinski definition) is 1. The Bertz CT molecular complexity index is 721. The van der Waals surface area contributed by atoms with Crippen molar-refractivity contribution in [3.63, 3.8) is 0 Å². The number of ether oxygens (including phenoxy) is 1. The second-order valence-corrected chi connectivity index (χ2v) is 6.74. The first-order valence-electron chi connectivity index (χ1n) is 8.40. The van der Waals surface area contributed by atoms with Crippen LogP contribution in [0.4, 0.5) is 0 Å². The molecular weight excluding hydrogens is 314 g/mol. The van der Waals surface area contributed by atoms with Crippen LogP contribution in [0.1, 0.15) is 37.5 Å². The first-order chi connectivity index (χ1) is 11.8. The van der Waals surface area contributed by atoms with Crippen LogP contribution < -0.4 is 5.32 Å². The van der Waals surface area contributed by atoms with Gasteiger partial charge in [-0.1, -0.05) is 60.2 Å². The lowest BCUT2D eigenvalue weighted by Crippen LogP contribution is -2.40. The third-order valence-electron chi connectivity index (χ3n) is 4.25. The van der Waals surface area contributed by atoms with E-state index < -0.39 is 17.5 Å². The molecule has 1 N–H and O–H groups in total. The molecule has 4 heteroatoms. The summed E-state index contributed by atoms with van der Waals surface area (Å²) in [5.41, 5.74) is 2.21. The van der Waals surface area contributed by atoms with E-state index in [1.54, 1.807) is 20.8 Å². The van der Waals surface area contributed by atoms with Crippen molar-refractivity contribution in [1.82, 2.24) is 5.32 Å². The molecule has 2 aromatic carbocycles. The summed E-state index contributed by atoms with van der Waals surface area (Å²) in [6.45, 7) is 7.59. The Hall–Kier alpha value is -2.62. The van der Waals surface area contributed by atoms with Gasteiger partial charge in [-0.25, -0.2) is 0 Å². The van der Waals surface area contributed by atoms with Crippen LogP contribution in [0.2, 0.25) is 0 Å². The number of rotatable bonds is 6. The van der Waals surface area contributed by atoms with Gasteiger partial charge >= 0.3 is 5.97 Å². The molecule has 2 rings (SSSR count). The van der Waals surface area contributed by atoms with E-state index in [0.717, 1.165) is 11.1 Å². The summed E-state index contributed by atoms with van der Waals surface area (Å²) in [6.07, 6.45) is -0.846. The molecule has 0 radical (unpaired) electrons. The Balaban J connectivity index is 1.91. The van der Waals surface area contributed by atoms with E-state index in [4.69, 9.17) is 4.74 Å². The van der Waals surface area contributed by atoms with Crippen LogP contribution in [0.25, 0.3) is 0 Å². The predicted octanol–water partition coefficient (Wildman–Crippen LogP) is 3.52. The zero-order valence-corrected chi connectivity index (χ0v) is 15.2. The smallest absolute Gasteiger partial charge is 0.316 e. The van der Waals surface area contributed by atoms with E-state index in [2.05, 4.69) is 5.32 Å². The molecule has 1 amide bonds. The Morgan fingerprint density at radius 3 is 2.24 bits per heavy atom. The predicted molar refractivity (Wildman–Crippen MR) is 98.0 cm³/mol. The van der Waals surface area contributed by atoms with Crippen molar-refractivity contribution in [3.8, 4) is 0 Å². The van der Waals surface area contributed by atoms with Gasteiger partial charge in [-0.3, -0.25) is 9.59 Å². The third kappa shape index (κ3) is 4.92. The van der Waals surface area contributed by atoms with Crippen molar-refractivity contribution in [2.45, 2.75) is 45.8 Å². The maximum absolute atomic E-state index is 12.5. The molecule has 0 aromatic heterocycles. The maximum atomic E-state index is 12.5. The Morgan fingerprint density at radius 2 is 1.64 bits per heavy atom. The van der Waals surface area contributed by atoms with E-state index >= 15 is 0 Å². The monoisotopic (exact) mass is 339 g/mol. The maximum Gasteiger partial charge on any atom is 0.316 e. The van der Waals surface area contributed by atoms with Crippen molar-refractivity contribution in [1.29, 1.82) is 0 Å². The molecular formula is C21H25NO3. The van der Waals surface area contributed by atoms with Crippen LogP contribution in [0.3, 0.4) is 0 Å². The van der Waals surface area contributed by atoms with Crippen molar-refractivity contribution in [3.05, 3.63) is 71.3 Å². The SMILES string of the molecule is Cc1ccc(CNC(=O)[C@H](C)OC(=O)C(C)(C)c2ccccc2)cc1. The molecule has 0 spiro atoms. The van der Waals surface area contributed by atoms with Gasteiger partial charge in [-0.05, 0) is 38.8 Å². The molecule has 0 aliphatic rings. The molecule has 4 nitrogen and oxygen atoms in total. The summed E-state index contributed by atoms with van der Waals surface area (Å²) in [7, 11) is 0. The minimum Gasteiger partial charge on any atom is -0.452 e. The van der Waals surface area contributed by atoms with Crippen LogP contribution in [-0.2, 0) is 26.3 Å². The molecule has 0 saturated heterocycles. The number of benzene rings is 2. The average molecular weight is 339 g/mol. The van der Waals surface area contributed by atoms with Crippen LogP contribution in [-0.4, -0.2) is 18.0 Å². The largest absolute Gasteiger partial charge is 0.452 e. The fourth-order valence-corrected chi connectivity index (χ4v) is 2.37. The van der Waals surface area contributed by atoms with Crippen LogP contribution in [0.5, 0.6) is 0 Å². The number of esters is 1. The lowest BCUT2D eigenvalue weighted by Gasteiger charge is -2.25. The number of carbonyl (C=O) groups excluding carboxylic acids is 2. The van der Waals surface area contributed by atoms with E-state index in [1.807, 2.05) is 61.5 Å². The zero-order valence-electron chi connectivity index (χ0n) is 15.2. The molecule has 2 aromatic rings. The highest BCUT2D eigenvalue weighted by Crippen LogP contribution is 2.25. The number of hydrogen-bond acceptors (Lipinski definition) is 3. The molecule has 0 saturated carbocycles. The van der Waals surface area contributed by atoms with Gasteiger partial charge in [0.05, 0.1) is 5.41 Å². The quantitative estimate of drug-likeness (QED) is 0.819. The molecule has 132 valence electrons. The Kier molecular flexibility index (Phi) is 5.97. The Labute approximate surface area is 149 Å². The highest BCUT2D eigenvalue weighted by Gasteiger charge is 2.33. The summed E-state index contributed by atoms with van der Waals surface area (Å²) in [5, 5.41) is 2.80. The van der Waals surface area contributed by atoms with E-state index in [9.17, 15) is 9.59 Å². The number of nitrogens with one attached hydrogen (secondary N) is 1. The first kappa shape index (κ1) is 18.7. The van der Waals surface area contributed by atoms with Gasteiger partial charge in [0.1, 0.15) is 0 Å². The van der Waals surface area contributed by atoms with Gasteiger partial charge in [0.25, 0.3) is 5.91 Å². The van der Waals surface area contributed by atoms with Crippen molar-refractivity contribution in [2.24, 2.45) is 0 Å². The van der Waals surface area contributed by atoms with E-state index in [0.29, 0.717) is 6.54 Å². The lowest BCUT2D eigenvalue weighted by molar-refractivity contribution is -0.159. The van der Waals surface area contributed by atoms with Crippen LogP contribution in [0.15, 0.2) is 54.6 Å². The molecule has 0 aliphatic carbocycles. The first-order valence-corrected chi connectivity index (χ1v) is 8.40. The zero-order chi connectivity index (χ0) is 18.4. The average Bonchev–Trinajstić information content (AvgIpc) is 2.61. The summed E-state index contributed by atoms with van der Waals surface area (Å²) in [6, 6.07) is 17.3. The fourth-order valence-electron chi connectivity index (χ4n) is 2.37. The van der Waals surface area contributed by atoms with Crippen LogP contribution >= 0.6 is 0 Å². The molecule has 0 bridgehead atoms. The van der Waals surface area contributed by atoms with Gasteiger partial charge in [-0.15, -0.1) is 0 Å². The number of amides is 1. The topological polar surface area (TPSA) is 55.4 Å². The second-order valence-electron chi connectivity index (χ2n) is 6.74.